The van der Waals surface area contributed by atoms with Crippen molar-refractivity contribution in [1.29, 1.82) is 5.26 Å². The number of methoxy groups -OCH3 is 1. The average Bonchev–Trinajstić information content (AvgIpc) is 3.44. The van der Waals surface area contributed by atoms with Crippen molar-refractivity contribution in [3.05, 3.63) is 58.9 Å². The van der Waals surface area contributed by atoms with E-state index in [0.717, 1.165) is 35.4 Å². The van der Waals surface area contributed by atoms with Gasteiger partial charge in [0.25, 0.3) is 5.91 Å². The highest BCUT2D eigenvalue weighted by molar-refractivity contribution is 6.01. The number of nitriles is 1. The molecule has 38 heavy (non-hydrogen) atoms. The Balaban J connectivity index is 1.69. The highest BCUT2D eigenvalue weighted by Crippen LogP contribution is 2.47. The van der Waals surface area contributed by atoms with Crippen molar-refractivity contribution < 1.29 is 14.6 Å². The number of rotatable bonds is 6. The minimum atomic E-state index is -0.312. The summed E-state index contributed by atoms with van der Waals surface area (Å²) in [5.74, 6) is 0.974. The van der Waals surface area contributed by atoms with Crippen molar-refractivity contribution in [2.45, 2.75) is 63.8 Å². The molecule has 9 heteroatoms. The number of anilines is 1. The Morgan fingerprint density at radius 3 is 2.39 bits per heavy atom. The number of benzene rings is 1. The summed E-state index contributed by atoms with van der Waals surface area (Å²) in [7, 11) is 5.34. The molecule has 1 amide bonds. The highest BCUT2D eigenvalue weighted by Gasteiger charge is 2.46. The fourth-order valence-corrected chi connectivity index (χ4v) is 5.82. The third-order valence-corrected chi connectivity index (χ3v) is 7.62. The normalized spacial score (nSPS) is 20.9. The lowest BCUT2D eigenvalue weighted by atomic mass is 9.90. The molecular formula is C29H34N6O3. The number of aromatic nitrogens is 3. The third-order valence-electron chi connectivity index (χ3n) is 7.62. The van der Waals surface area contributed by atoms with Crippen molar-refractivity contribution in [2.24, 2.45) is 0 Å². The zero-order chi connectivity index (χ0) is 27.1. The first kappa shape index (κ1) is 25.7. The molecule has 0 saturated heterocycles. The van der Waals surface area contributed by atoms with Crippen LogP contribution in [0.25, 0.3) is 11.3 Å². The summed E-state index contributed by atoms with van der Waals surface area (Å²) in [6.07, 6.45) is 4.32. The minimum Gasteiger partial charge on any atom is -0.480 e. The van der Waals surface area contributed by atoms with E-state index >= 15 is 0 Å². The molecule has 1 fully saturated rings. The molecule has 1 saturated carbocycles. The van der Waals surface area contributed by atoms with Crippen molar-refractivity contribution in [3.8, 4) is 23.2 Å². The van der Waals surface area contributed by atoms with Gasteiger partial charge in [0.15, 0.2) is 0 Å². The van der Waals surface area contributed by atoms with Crippen molar-refractivity contribution in [3.63, 3.8) is 0 Å². The number of fused-ring (bicyclic) bond motifs is 1. The number of aliphatic hydroxyl groups is 1. The van der Waals surface area contributed by atoms with Gasteiger partial charge in [-0.1, -0.05) is 12.1 Å². The van der Waals surface area contributed by atoms with Gasteiger partial charge in [0, 0.05) is 32.4 Å². The summed E-state index contributed by atoms with van der Waals surface area (Å²) in [5, 5.41) is 19.5. The van der Waals surface area contributed by atoms with E-state index in [9.17, 15) is 15.2 Å². The molecule has 5 rings (SSSR count). The Morgan fingerprint density at radius 2 is 1.82 bits per heavy atom. The maximum atomic E-state index is 14.1. The number of hydrogen-bond acceptors (Lipinski definition) is 7. The van der Waals surface area contributed by atoms with Crippen LogP contribution in [0.2, 0.25) is 0 Å². The maximum absolute atomic E-state index is 14.1. The van der Waals surface area contributed by atoms with Crippen LogP contribution in [0.1, 0.15) is 78.8 Å². The smallest absolute Gasteiger partial charge is 0.256 e. The van der Waals surface area contributed by atoms with E-state index in [4.69, 9.17) is 4.74 Å². The molecule has 0 bridgehead atoms. The van der Waals surface area contributed by atoms with E-state index in [0.29, 0.717) is 35.8 Å². The molecule has 3 aromatic rings. The lowest BCUT2D eigenvalue weighted by molar-refractivity contribution is 0.0458. The van der Waals surface area contributed by atoms with Gasteiger partial charge >= 0.3 is 0 Å². The molecule has 198 valence electrons. The van der Waals surface area contributed by atoms with Crippen molar-refractivity contribution >= 4 is 11.9 Å². The predicted molar refractivity (Wildman–Crippen MR) is 144 cm³/mol. The Bertz CT molecular complexity index is 1380. The van der Waals surface area contributed by atoms with E-state index in [1.165, 1.54) is 0 Å². The lowest BCUT2D eigenvalue weighted by Crippen LogP contribution is -2.42. The number of ether oxygens (including phenoxy) is 1. The predicted octanol–water partition coefficient (Wildman–Crippen LogP) is 4.32. The molecule has 9 nitrogen and oxygen atoms in total. The summed E-state index contributed by atoms with van der Waals surface area (Å²) in [6, 6.07) is 11.4. The molecule has 0 spiro atoms. The number of aliphatic hydroxyl groups excluding tert-OH is 1. The van der Waals surface area contributed by atoms with Gasteiger partial charge in [-0.2, -0.15) is 10.2 Å². The minimum absolute atomic E-state index is 0.0128. The van der Waals surface area contributed by atoms with Crippen molar-refractivity contribution in [1.82, 2.24) is 19.4 Å². The van der Waals surface area contributed by atoms with Crippen LogP contribution in [0.15, 0.2) is 36.5 Å². The van der Waals surface area contributed by atoms with Gasteiger partial charge < -0.3 is 24.2 Å². The molecule has 1 N–H and O–H groups in total. The average molecular weight is 515 g/mol. The second kappa shape index (κ2) is 10.1. The topological polar surface area (TPSA) is 108 Å². The molecule has 3 heterocycles. The number of carbonyl (C=O) groups is 1. The third kappa shape index (κ3) is 4.29. The zero-order valence-corrected chi connectivity index (χ0v) is 22.5. The summed E-state index contributed by atoms with van der Waals surface area (Å²) in [6.45, 7) is 4.20. The number of carbonyl (C=O) groups excluding carboxylic acids is 1. The SMILES string of the molecule is COc1nc(N(C)C)ncc1-c1cc2c(n1C(C)C)C(c1ccc(C#N)cc1)N([C@H]1CC[C@H](O)CC1)C2=O. The Hall–Kier alpha value is -3.90. The van der Waals surface area contributed by atoms with E-state index in [2.05, 4.69) is 34.5 Å². The van der Waals surface area contributed by atoms with Crippen LogP contribution in [0.4, 0.5) is 5.95 Å². The first-order chi connectivity index (χ1) is 18.2. The number of amides is 1. The summed E-state index contributed by atoms with van der Waals surface area (Å²) in [5.41, 5.74) is 4.67. The molecule has 1 aromatic carbocycles. The molecule has 1 aliphatic heterocycles. The largest absolute Gasteiger partial charge is 0.480 e. The lowest BCUT2D eigenvalue weighted by Gasteiger charge is -2.38. The second-order valence-corrected chi connectivity index (χ2v) is 10.6. The van der Waals surface area contributed by atoms with Gasteiger partial charge in [0.2, 0.25) is 11.8 Å². The standard InChI is InChI=1S/C29H34N6O3/c1-17(2)34-24(23-16-31-29(33(3)4)32-27(23)38-5)14-22-26(34)25(19-8-6-18(15-30)7-9-19)35(28(22)37)20-10-12-21(36)13-11-20/h6-9,14,16-17,20-21,25,36H,10-13H2,1-5H3/t20-,21-,25?. The fourth-order valence-electron chi connectivity index (χ4n) is 5.82. The van der Waals surface area contributed by atoms with Gasteiger partial charge in [-0.3, -0.25) is 4.79 Å². The molecule has 1 aliphatic carbocycles. The van der Waals surface area contributed by atoms with Crippen LogP contribution in [-0.2, 0) is 0 Å². The number of hydrogen-bond donors (Lipinski definition) is 1. The molecule has 1 atom stereocenters. The summed E-state index contributed by atoms with van der Waals surface area (Å²) < 4.78 is 7.87. The van der Waals surface area contributed by atoms with Gasteiger partial charge in [0.05, 0.1) is 53.4 Å². The monoisotopic (exact) mass is 514 g/mol. The van der Waals surface area contributed by atoms with Crippen LogP contribution < -0.4 is 9.64 Å². The molecule has 2 aliphatic rings. The van der Waals surface area contributed by atoms with E-state index in [1.807, 2.05) is 42.1 Å². The quantitative estimate of drug-likeness (QED) is 0.522. The first-order valence-corrected chi connectivity index (χ1v) is 13.1. The number of nitrogens with zero attached hydrogens (tertiary/aromatic N) is 6. The Labute approximate surface area is 223 Å². The zero-order valence-electron chi connectivity index (χ0n) is 22.5. The van der Waals surface area contributed by atoms with Crippen LogP contribution in [0.5, 0.6) is 5.88 Å². The van der Waals surface area contributed by atoms with Crippen LogP contribution in [0.3, 0.4) is 0 Å². The second-order valence-electron chi connectivity index (χ2n) is 10.6. The summed E-state index contributed by atoms with van der Waals surface area (Å²) in [4.78, 5) is 27.1. The van der Waals surface area contributed by atoms with Gasteiger partial charge in [-0.05, 0) is 63.3 Å². The van der Waals surface area contributed by atoms with Crippen LogP contribution in [-0.4, -0.2) is 63.8 Å². The fraction of sp³-hybridized carbons (Fsp3) is 0.448. The molecule has 2 aromatic heterocycles. The Morgan fingerprint density at radius 1 is 1.13 bits per heavy atom. The molecule has 0 radical (unpaired) electrons. The summed E-state index contributed by atoms with van der Waals surface area (Å²) >= 11 is 0. The first-order valence-electron chi connectivity index (χ1n) is 13.1. The van der Waals surface area contributed by atoms with Gasteiger partial charge in [0.1, 0.15) is 0 Å². The highest BCUT2D eigenvalue weighted by atomic mass is 16.5. The van der Waals surface area contributed by atoms with Crippen LogP contribution >= 0.6 is 0 Å². The van der Waals surface area contributed by atoms with E-state index < -0.39 is 0 Å². The molecule has 1 unspecified atom stereocenters. The molecular weight excluding hydrogens is 480 g/mol. The van der Waals surface area contributed by atoms with E-state index in [1.54, 1.807) is 25.4 Å². The van der Waals surface area contributed by atoms with Crippen molar-refractivity contribution in [2.75, 3.05) is 26.1 Å². The maximum Gasteiger partial charge on any atom is 0.256 e. The Kier molecular flexibility index (Phi) is 6.84. The van der Waals surface area contributed by atoms with Gasteiger partial charge in [-0.25, -0.2) is 4.98 Å². The van der Waals surface area contributed by atoms with Crippen LogP contribution in [0, 0.1) is 11.3 Å². The van der Waals surface area contributed by atoms with E-state index in [-0.39, 0.29) is 30.1 Å². The van der Waals surface area contributed by atoms with Gasteiger partial charge in [-0.15, -0.1) is 0 Å².